The van der Waals surface area contributed by atoms with Crippen LogP contribution in [0.5, 0.6) is 0 Å². The fourth-order valence-electron chi connectivity index (χ4n) is 8.28. The van der Waals surface area contributed by atoms with Gasteiger partial charge in [0.05, 0.1) is 6.61 Å². The van der Waals surface area contributed by atoms with Crippen molar-refractivity contribution in [1.82, 2.24) is 0 Å². The van der Waals surface area contributed by atoms with Gasteiger partial charge in [0.25, 0.3) is 0 Å². The number of ether oxygens (including phenoxy) is 5. The molecule has 0 saturated carbocycles. The predicted molar refractivity (Wildman–Crippen MR) is 285 cm³/mol. The zero-order valence-corrected chi connectivity index (χ0v) is 44.7. The van der Waals surface area contributed by atoms with E-state index in [1.165, 1.54) is 89.9 Å². The minimum Gasteiger partial charge on any atom is -0.479 e. The van der Waals surface area contributed by atoms with E-state index < -0.39 is 67.3 Å². The average Bonchev–Trinajstić information content (AvgIpc) is 3.35. The van der Waals surface area contributed by atoms with E-state index >= 15 is 0 Å². The number of unbranched alkanes of at least 4 members (excludes halogenated alkanes) is 23. The number of aliphatic hydroxyl groups is 2. The normalized spacial score (nSPS) is 18.9. The lowest BCUT2D eigenvalue weighted by molar-refractivity contribution is -0.301. The second kappa shape index (κ2) is 47.4. The second-order valence-corrected chi connectivity index (χ2v) is 19.2. The van der Waals surface area contributed by atoms with Crippen molar-refractivity contribution in [2.75, 3.05) is 13.2 Å². The van der Waals surface area contributed by atoms with Crippen molar-refractivity contribution < 1.29 is 58.2 Å². The number of carboxylic acids is 1. The van der Waals surface area contributed by atoms with E-state index in [4.69, 9.17) is 23.7 Å². The molecule has 3 N–H and O–H groups in total. The van der Waals surface area contributed by atoms with Gasteiger partial charge in [-0.05, 0) is 64.2 Å². The molecule has 12 heteroatoms. The summed E-state index contributed by atoms with van der Waals surface area (Å²) in [6, 6.07) is 0. The molecule has 1 aliphatic heterocycles. The van der Waals surface area contributed by atoms with E-state index in [1.54, 1.807) is 0 Å². The Hall–Kier alpha value is -3.58. The first-order valence-corrected chi connectivity index (χ1v) is 28.3. The predicted octanol–water partition coefficient (Wildman–Crippen LogP) is 14.0. The lowest BCUT2D eigenvalue weighted by Gasteiger charge is -2.40. The number of carbonyl (C=O) groups is 4. The lowest BCUT2D eigenvalue weighted by atomic mass is 9.98. The van der Waals surface area contributed by atoms with E-state index in [2.05, 4.69) is 81.5 Å². The van der Waals surface area contributed by atoms with Crippen molar-refractivity contribution in [3.8, 4) is 0 Å². The van der Waals surface area contributed by atoms with Gasteiger partial charge < -0.3 is 39.0 Å². The van der Waals surface area contributed by atoms with E-state index in [-0.39, 0.29) is 25.9 Å². The van der Waals surface area contributed by atoms with E-state index in [9.17, 15) is 34.5 Å². The first kappa shape index (κ1) is 65.4. The summed E-state index contributed by atoms with van der Waals surface area (Å²) in [5.74, 6) is -3.15. The van der Waals surface area contributed by atoms with Gasteiger partial charge in [-0.25, -0.2) is 4.79 Å². The summed E-state index contributed by atoms with van der Waals surface area (Å²) in [6.45, 7) is 5.83. The maximum absolute atomic E-state index is 13.0. The Morgan fingerprint density at radius 1 is 0.479 bits per heavy atom. The number of hydrogen-bond donors (Lipinski definition) is 3. The van der Waals surface area contributed by atoms with E-state index in [0.29, 0.717) is 19.3 Å². The molecule has 0 bridgehead atoms. The fraction of sp³-hybridized carbons (Fsp3) is 0.763. The third kappa shape index (κ3) is 37.8. The molecule has 0 spiro atoms. The second-order valence-electron chi connectivity index (χ2n) is 19.2. The highest BCUT2D eigenvalue weighted by atomic mass is 16.7. The fourth-order valence-corrected chi connectivity index (χ4v) is 8.28. The van der Waals surface area contributed by atoms with E-state index in [0.717, 1.165) is 89.9 Å². The van der Waals surface area contributed by atoms with Crippen LogP contribution in [0.3, 0.4) is 0 Å². The standard InChI is InChI=1S/C59H100O12/c1-4-7-10-13-16-19-21-23-24-25-26-27-28-30-32-35-38-41-44-47-53(62)70-57-55(64)54(63)56(58(65)66)71-59(57)68-49-50(69-52(61)46-43-40-37-33-18-15-12-9-6-3)48-67-51(60)45-42-39-36-34-31-29-22-20-17-14-11-8-5-2/h7,10,16,19,23-24,26-27,30,32,50,54-57,59,63-64H,4-6,8-9,11-15,17-18,20-22,25,28-29,31,33-49H2,1-3H3,(H,65,66)/b10-7-,19-16-,24-23-,27-26-,32-30-. The highest BCUT2D eigenvalue weighted by molar-refractivity contribution is 5.74. The lowest BCUT2D eigenvalue weighted by Crippen LogP contribution is -2.61. The molecule has 12 nitrogen and oxygen atoms in total. The monoisotopic (exact) mass is 1000 g/mol. The van der Waals surface area contributed by atoms with Gasteiger partial charge in [0.2, 0.25) is 0 Å². The number of aliphatic hydroxyl groups excluding tert-OH is 2. The SMILES string of the molecule is CC/C=C\C/C=C\C/C=C\C/C=C\C/C=C\CCCCCC(=O)OC1C(OCC(COC(=O)CCCCCCCCCCCCCCC)OC(=O)CCCCCCCCCCC)OC(C(=O)O)C(O)C1O. The molecule has 6 atom stereocenters. The van der Waals surface area contributed by atoms with Crippen LogP contribution >= 0.6 is 0 Å². The summed E-state index contributed by atoms with van der Waals surface area (Å²) in [5, 5.41) is 31.4. The van der Waals surface area contributed by atoms with Crippen molar-refractivity contribution in [1.29, 1.82) is 0 Å². The summed E-state index contributed by atoms with van der Waals surface area (Å²) >= 11 is 0. The van der Waals surface area contributed by atoms with Crippen molar-refractivity contribution in [3.05, 3.63) is 60.8 Å². The van der Waals surface area contributed by atoms with Gasteiger partial charge in [0, 0.05) is 19.3 Å². The van der Waals surface area contributed by atoms with Gasteiger partial charge in [-0.15, -0.1) is 0 Å². The van der Waals surface area contributed by atoms with Gasteiger partial charge in [-0.2, -0.15) is 0 Å². The van der Waals surface area contributed by atoms with Gasteiger partial charge >= 0.3 is 23.9 Å². The number of carbonyl (C=O) groups excluding carboxylic acids is 3. The molecule has 0 aromatic heterocycles. The molecule has 0 radical (unpaired) electrons. The molecule has 408 valence electrons. The topological polar surface area (TPSA) is 175 Å². The average molecular weight is 1000 g/mol. The van der Waals surface area contributed by atoms with Crippen molar-refractivity contribution in [2.24, 2.45) is 0 Å². The molecule has 0 aromatic rings. The molecule has 1 heterocycles. The Labute approximate surface area is 430 Å². The number of aliphatic carboxylic acids is 1. The van der Waals surface area contributed by atoms with Crippen LogP contribution in [-0.2, 0) is 42.9 Å². The Balaban J connectivity index is 2.68. The summed E-state index contributed by atoms with van der Waals surface area (Å²) in [6.07, 6.45) is 44.9. The van der Waals surface area contributed by atoms with Crippen molar-refractivity contribution in [2.45, 2.75) is 276 Å². The Morgan fingerprint density at radius 2 is 0.887 bits per heavy atom. The maximum Gasteiger partial charge on any atom is 0.335 e. The van der Waals surface area contributed by atoms with Crippen LogP contribution in [-0.4, -0.2) is 89.2 Å². The van der Waals surface area contributed by atoms with Crippen LogP contribution in [0.25, 0.3) is 0 Å². The van der Waals surface area contributed by atoms with Gasteiger partial charge in [-0.3, -0.25) is 14.4 Å². The Kier molecular flexibility index (Phi) is 43.7. The molecule has 1 rings (SSSR count). The molecular formula is C59H100O12. The molecule has 1 saturated heterocycles. The largest absolute Gasteiger partial charge is 0.479 e. The summed E-state index contributed by atoms with van der Waals surface area (Å²) in [7, 11) is 0. The van der Waals surface area contributed by atoms with Gasteiger partial charge in [0.1, 0.15) is 18.8 Å². The van der Waals surface area contributed by atoms with Crippen LogP contribution in [0, 0.1) is 0 Å². The molecule has 0 aliphatic carbocycles. The highest BCUT2D eigenvalue weighted by Gasteiger charge is 2.50. The third-order valence-electron chi connectivity index (χ3n) is 12.6. The van der Waals surface area contributed by atoms with Crippen LogP contribution in [0.15, 0.2) is 60.8 Å². The smallest absolute Gasteiger partial charge is 0.335 e. The summed E-state index contributed by atoms with van der Waals surface area (Å²) < 4.78 is 28.3. The van der Waals surface area contributed by atoms with Crippen molar-refractivity contribution >= 4 is 23.9 Å². The number of esters is 3. The van der Waals surface area contributed by atoms with Crippen molar-refractivity contribution in [3.63, 3.8) is 0 Å². The van der Waals surface area contributed by atoms with Crippen LogP contribution < -0.4 is 0 Å². The molecular weight excluding hydrogens is 901 g/mol. The Morgan fingerprint density at radius 3 is 1.35 bits per heavy atom. The summed E-state index contributed by atoms with van der Waals surface area (Å²) in [5.41, 5.74) is 0. The third-order valence-corrected chi connectivity index (χ3v) is 12.6. The molecule has 6 unspecified atom stereocenters. The highest BCUT2D eigenvalue weighted by Crippen LogP contribution is 2.26. The van der Waals surface area contributed by atoms with Gasteiger partial charge in [-0.1, -0.05) is 216 Å². The first-order chi connectivity index (χ1) is 34.6. The summed E-state index contributed by atoms with van der Waals surface area (Å²) in [4.78, 5) is 50.9. The van der Waals surface area contributed by atoms with Crippen LogP contribution in [0.1, 0.15) is 239 Å². The quantitative estimate of drug-likeness (QED) is 0.0228. The van der Waals surface area contributed by atoms with Crippen LogP contribution in [0.2, 0.25) is 0 Å². The zero-order chi connectivity index (χ0) is 51.8. The minimum atomic E-state index is -1.91. The molecule has 0 amide bonds. The maximum atomic E-state index is 13.0. The Bertz CT molecular complexity index is 1470. The zero-order valence-electron chi connectivity index (χ0n) is 44.7. The van der Waals surface area contributed by atoms with Gasteiger partial charge in [0.15, 0.2) is 24.6 Å². The van der Waals surface area contributed by atoms with E-state index in [1.807, 2.05) is 0 Å². The number of hydrogen-bond acceptors (Lipinski definition) is 11. The molecule has 1 aliphatic rings. The van der Waals surface area contributed by atoms with Crippen LogP contribution in [0.4, 0.5) is 0 Å². The molecule has 71 heavy (non-hydrogen) atoms. The molecule has 0 aromatic carbocycles. The number of carboxylic acid groups (broad SMARTS) is 1. The number of allylic oxidation sites excluding steroid dienone is 10. The molecule has 1 fully saturated rings. The first-order valence-electron chi connectivity index (χ1n) is 28.3. The number of rotatable bonds is 47. The minimum absolute atomic E-state index is 0.0222.